The van der Waals surface area contributed by atoms with Crippen molar-refractivity contribution in [2.45, 2.75) is 6.42 Å². The molecular formula is C13H11NO5. The molecule has 1 aliphatic rings. The molecule has 0 atom stereocenters. The van der Waals surface area contributed by atoms with Gasteiger partial charge in [0.15, 0.2) is 11.5 Å². The lowest BCUT2D eigenvalue weighted by atomic mass is 10.1. The Balaban J connectivity index is 1.89. The molecule has 0 fully saturated rings. The first-order valence-corrected chi connectivity index (χ1v) is 5.80. The Morgan fingerprint density at radius 3 is 2.79 bits per heavy atom. The van der Waals surface area contributed by atoms with Crippen LogP contribution in [0.5, 0.6) is 11.5 Å². The molecule has 2 heterocycles. The number of benzene rings is 1. The summed E-state index contributed by atoms with van der Waals surface area (Å²) in [5.74, 6) is 0.720. The molecule has 1 aliphatic heterocycles. The van der Waals surface area contributed by atoms with Crippen molar-refractivity contribution in [2.75, 3.05) is 13.2 Å². The molecule has 0 radical (unpaired) electrons. The Labute approximate surface area is 108 Å². The minimum absolute atomic E-state index is 0.183. The van der Waals surface area contributed by atoms with E-state index >= 15 is 0 Å². The smallest absolute Gasteiger partial charge is 0.311 e. The van der Waals surface area contributed by atoms with Gasteiger partial charge in [0.25, 0.3) is 0 Å². The van der Waals surface area contributed by atoms with Gasteiger partial charge in [-0.05, 0) is 18.2 Å². The number of carboxylic acid groups (broad SMARTS) is 1. The second-order valence-electron chi connectivity index (χ2n) is 4.11. The summed E-state index contributed by atoms with van der Waals surface area (Å²) in [6.07, 6.45) is -0.183. The highest BCUT2D eigenvalue weighted by atomic mass is 16.6. The van der Waals surface area contributed by atoms with Gasteiger partial charge < -0.3 is 19.1 Å². The van der Waals surface area contributed by atoms with Gasteiger partial charge in [-0.2, -0.15) is 0 Å². The molecule has 0 aliphatic carbocycles. The molecule has 19 heavy (non-hydrogen) atoms. The number of nitrogens with zero attached hydrogens (tertiary/aromatic N) is 1. The van der Waals surface area contributed by atoms with Crippen LogP contribution in [0.2, 0.25) is 0 Å². The van der Waals surface area contributed by atoms with E-state index in [1.165, 1.54) is 0 Å². The van der Waals surface area contributed by atoms with Crippen molar-refractivity contribution < 1.29 is 23.9 Å². The molecule has 2 aromatic rings. The van der Waals surface area contributed by atoms with Gasteiger partial charge in [-0.15, -0.1) is 0 Å². The second-order valence-corrected chi connectivity index (χ2v) is 4.11. The van der Waals surface area contributed by atoms with Gasteiger partial charge in [-0.1, -0.05) is 5.16 Å². The molecule has 1 aromatic heterocycles. The minimum atomic E-state index is -0.954. The first kappa shape index (κ1) is 11.6. The Kier molecular flexibility index (Phi) is 2.83. The maximum Gasteiger partial charge on any atom is 0.311 e. The third-order valence-electron chi connectivity index (χ3n) is 2.72. The average Bonchev–Trinajstić information content (AvgIpc) is 2.86. The number of ether oxygens (including phenoxy) is 2. The van der Waals surface area contributed by atoms with E-state index in [4.69, 9.17) is 19.1 Å². The van der Waals surface area contributed by atoms with E-state index in [9.17, 15) is 4.79 Å². The number of aromatic nitrogens is 1. The Morgan fingerprint density at radius 2 is 2.00 bits per heavy atom. The lowest BCUT2D eigenvalue weighted by molar-refractivity contribution is -0.136. The number of hydrogen-bond donors (Lipinski definition) is 1. The number of fused-ring (bicyclic) bond motifs is 1. The minimum Gasteiger partial charge on any atom is -0.486 e. The molecule has 1 N–H and O–H groups in total. The van der Waals surface area contributed by atoms with Crippen LogP contribution in [0.25, 0.3) is 11.3 Å². The summed E-state index contributed by atoms with van der Waals surface area (Å²) in [7, 11) is 0. The van der Waals surface area contributed by atoms with E-state index in [1.807, 2.05) is 6.07 Å². The topological polar surface area (TPSA) is 81.8 Å². The van der Waals surface area contributed by atoms with Gasteiger partial charge in [-0.25, -0.2) is 0 Å². The van der Waals surface area contributed by atoms with Crippen LogP contribution in [0, 0.1) is 0 Å². The lowest BCUT2D eigenvalue weighted by Gasteiger charge is -2.18. The Hall–Kier alpha value is -2.50. The van der Waals surface area contributed by atoms with Crippen LogP contribution >= 0.6 is 0 Å². The third kappa shape index (κ3) is 2.37. The number of hydrogen-bond acceptors (Lipinski definition) is 5. The second kappa shape index (κ2) is 4.64. The summed E-state index contributed by atoms with van der Waals surface area (Å²) in [5, 5.41) is 12.5. The molecule has 0 spiro atoms. The third-order valence-corrected chi connectivity index (χ3v) is 2.72. The number of carboxylic acids is 1. The molecule has 0 bridgehead atoms. The molecule has 0 amide bonds. The van der Waals surface area contributed by atoms with Crippen molar-refractivity contribution in [1.82, 2.24) is 5.16 Å². The number of aliphatic carboxylic acids is 1. The van der Waals surface area contributed by atoms with E-state index in [1.54, 1.807) is 18.2 Å². The van der Waals surface area contributed by atoms with E-state index < -0.39 is 5.97 Å². The fraction of sp³-hybridized carbons (Fsp3) is 0.231. The van der Waals surface area contributed by atoms with Crippen LogP contribution in [-0.2, 0) is 11.2 Å². The zero-order valence-electron chi connectivity index (χ0n) is 9.96. The van der Waals surface area contributed by atoms with Crippen LogP contribution < -0.4 is 9.47 Å². The zero-order valence-corrected chi connectivity index (χ0v) is 9.96. The van der Waals surface area contributed by atoms with Crippen LogP contribution in [0.3, 0.4) is 0 Å². The van der Waals surface area contributed by atoms with Gasteiger partial charge in [0.05, 0.1) is 0 Å². The maximum atomic E-state index is 10.6. The first-order valence-electron chi connectivity index (χ1n) is 5.80. The fourth-order valence-electron chi connectivity index (χ4n) is 1.88. The molecule has 0 saturated heterocycles. The predicted octanol–water partition coefficient (Wildman–Crippen LogP) is 1.74. The predicted molar refractivity (Wildman–Crippen MR) is 64.3 cm³/mol. The van der Waals surface area contributed by atoms with Crippen molar-refractivity contribution in [3.63, 3.8) is 0 Å². The molecule has 0 saturated carbocycles. The zero-order chi connectivity index (χ0) is 13.2. The van der Waals surface area contributed by atoms with Crippen LogP contribution in [0.4, 0.5) is 0 Å². The average molecular weight is 261 g/mol. The van der Waals surface area contributed by atoms with Crippen LogP contribution in [-0.4, -0.2) is 29.4 Å². The summed E-state index contributed by atoms with van der Waals surface area (Å²) in [4.78, 5) is 10.6. The van der Waals surface area contributed by atoms with E-state index in [0.717, 1.165) is 5.56 Å². The summed E-state index contributed by atoms with van der Waals surface area (Å²) >= 11 is 0. The number of rotatable bonds is 3. The van der Waals surface area contributed by atoms with Crippen molar-refractivity contribution in [2.24, 2.45) is 0 Å². The molecule has 0 unspecified atom stereocenters. The monoisotopic (exact) mass is 261 g/mol. The quantitative estimate of drug-likeness (QED) is 0.906. The summed E-state index contributed by atoms with van der Waals surface area (Å²) in [6.45, 7) is 1.05. The normalized spacial score (nSPS) is 13.3. The fourth-order valence-corrected chi connectivity index (χ4v) is 1.88. The first-order chi connectivity index (χ1) is 9.22. The Bertz CT molecular complexity index is 619. The Morgan fingerprint density at radius 1 is 1.21 bits per heavy atom. The molecule has 6 heteroatoms. The van der Waals surface area contributed by atoms with E-state index in [0.29, 0.717) is 36.2 Å². The largest absolute Gasteiger partial charge is 0.486 e. The van der Waals surface area contributed by atoms with Gasteiger partial charge in [0.2, 0.25) is 0 Å². The molecule has 98 valence electrons. The van der Waals surface area contributed by atoms with Gasteiger partial charge >= 0.3 is 5.97 Å². The standard InChI is InChI=1S/C13H11NO5/c15-13(16)7-9-6-10(14-19-9)8-1-2-11-12(5-8)18-4-3-17-11/h1-2,5-6H,3-4,7H2,(H,15,16). The molecular weight excluding hydrogens is 250 g/mol. The van der Waals surface area contributed by atoms with E-state index in [-0.39, 0.29) is 6.42 Å². The molecule has 3 rings (SSSR count). The van der Waals surface area contributed by atoms with E-state index in [2.05, 4.69) is 5.16 Å². The van der Waals surface area contributed by atoms with Gasteiger partial charge in [-0.3, -0.25) is 4.79 Å². The van der Waals surface area contributed by atoms with Crippen molar-refractivity contribution in [3.05, 3.63) is 30.0 Å². The van der Waals surface area contributed by atoms with Crippen LogP contribution in [0.15, 0.2) is 28.8 Å². The van der Waals surface area contributed by atoms with Gasteiger partial charge in [0.1, 0.15) is 31.1 Å². The lowest BCUT2D eigenvalue weighted by Crippen LogP contribution is -2.15. The molecule has 6 nitrogen and oxygen atoms in total. The highest BCUT2D eigenvalue weighted by Crippen LogP contribution is 2.34. The summed E-state index contributed by atoms with van der Waals surface area (Å²) in [5.41, 5.74) is 1.37. The highest BCUT2D eigenvalue weighted by molar-refractivity contribution is 5.70. The van der Waals surface area contributed by atoms with Crippen molar-refractivity contribution >= 4 is 5.97 Å². The van der Waals surface area contributed by atoms with Crippen molar-refractivity contribution in [3.8, 4) is 22.8 Å². The van der Waals surface area contributed by atoms with Crippen LogP contribution in [0.1, 0.15) is 5.76 Å². The highest BCUT2D eigenvalue weighted by Gasteiger charge is 2.15. The SMILES string of the molecule is O=C(O)Cc1cc(-c2ccc3c(c2)OCCO3)no1. The van der Waals surface area contributed by atoms with Gasteiger partial charge in [0, 0.05) is 11.6 Å². The molecule has 1 aromatic carbocycles. The maximum absolute atomic E-state index is 10.6. The number of carbonyl (C=O) groups is 1. The van der Waals surface area contributed by atoms with Crippen molar-refractivity contribution in [1.29, 1.82) is 0 Å². The summed E-state index contributed by atoms with van der Waals surface area (Å²) in [6, 6.07) is 7.04. The summed E-state index contributed by atoms with van der Waals surface area (Å²) < 4.78 is 15.9.